The van der Waals surface area contributed by atoms with Crippen LogP contribution in [0.1, 0.15) is 21.6 Å². The monoisotopic (exact) mass is 273 g/mol. The quantitative estimate of drug-likeness (QED) is 0.934. The Morgan fingerprint density at radius 2 is 2.00 bits per heavy atom. The van der Waals surface area contributed by atoms with Crippen LogP contribution in [0.25, 0.3) is 0 Å². The number of rotatable bonds is 3. The van der Waals surface area contributed by atoms with Crippen molar-refractivity contribution >= 4 is 11.6 Å². The van der Waals surface area contributed by atoms with E-state index in [0.29, 0.717) is 17.8 Å². The molecule has 0 aliphatic rings. The number of nitrogen functional groups attached to an aromatic ring is 1. The van der Waals surface area contributed by atoms with Gasteiger partial charge in [0, 0.05) is 31.2 Å². The van der Waals surface area contributed by atoms with E-state index in [1.165, 1.54) is 23.2 Å². The number of carbonyl (C=O) groups is 1. The van der Waals surface area contributed by atoms with Crippen LogP contribution >= 0.6 is 0 Å². The zero-order valence-electron chi connectivity index (χ0n) is 11.4. The number of carbonyl (C=O) groups excluding carboxylic acids is 1. The van der Waals surface area contributed by atoms with Crippen molar-refractivity contribution in [2.75, 3.05) is 12.8 Å². The Morgan fingerprint density at radius 3 is 2.60 bits per heavy atom. The molecule has 4 nitrogen and oxygen atoms in total. The van der Waals surface area contributed by atoms with Gasteiger partial charge < -0.3 is 10.6 Å². The van der Waals surface area contributed by atoms with Crippen LogP contribution < -0.4 is 5.73 Å². The first kappa shape index (κ1) is 14.0. The molecule has 0 saturated heterocycles. The SMILES string of the molecule is Cc1cc(N)c(C(=O)N(C)Cc2ccc(F)cc2)cn1. The number of hydrogen-bond acceptors (Lipinski definition) is 3. The molecular formula is C15H16FN3O. The molecule has 2 aromatic rings. The third kappa shape index (κ3) is 3.12. The number of nitrogens with zero attached hydrogens (tertiary/aromatic N) is 2. The van der Waals surface area contributed by atoms with Gasteiger partial charge in [-0.05, 0) is 30.7 Å². The zero-order chi connectivity index (χ0) is 14.7. The molecule has 0 saturated carbocycles. The maximum absolute atomic E-state index is 12.8. The summed E-state index contributed by atoms with van der Waals surface area (Å²) >= 11 is 0. The fourth-order valence-electron chi connectivity index (χ4n) is 1.90. The lowest BCUT2D eigenvalue weighted by Crippen LogP contribution is -2.27. The van der Waals surface area contributed by atoms with Crippen molar-refractivity contribution in [1.82, 2.24) is 9.88 Å². The summed E-state index contributed by atoms with van der Waals surface area (Å²) in [5.74, 6) is -0.506. The number of hydrogen-bond donors (Lipinski definition) is 1. The minimum Gasteiger partial charge on any atom is -0.398 e. The molecule has 0 radical (unpaired) electrons. The summed E-state index contributed by atoms with van der Waals surface area (Å²) in [7, 11) is 1.67. The fourth-order valence-corrected chi connectivity index (χ4v) is 1.90. The van der Waals surface area contributed by atoms with Gasteiger partial charge in [0.2, 0.25) is 0 Å². The van der Waals surface area contributed by atoms with E-state index in [2.05, 4.69) is 4.98 Å². The molecule has 1 aromatic carbocycles. The van der Waals surface area contributed by atoms with Crippen molar-refractivity contribution < 1.29 is 9.18 Å². The smallest absolute Gasteiger partial charge is 0.257 e. The lowest BCUT2D eigenvalue weighted by atomic mass is 10.1. The average molecular weight is 273 g/mol. The predicted molar refractivity (Wildman–Crippen MR) is 75.6 cm³/mol. The molecule has 104 valence electrons. The van der Waals surface area contributed by atoms with Crippen molar-refractivity contribution in [2.45, 2.75) is 13.5 Å². The molecular weight excluding hydrogens is 257 g/mol. The van der Waals surface area contributed by atoms with Gasteiger partial charge in [-0.3, -0.25) is 9.78 Å². The predicted octanol–water partition coefficient (Wildman–Crippen LogP) is 2.38. The Morgan fingerprint density at radius 1 is 1.35 bits per heavy atom. The Bertz CT molecular complexity index is 626. The minimum absolute atomic E-state index is 0.209. The van der Waals surface area contributed by atoms with Crippen molar-refractivity contribution in [2.24, 2.45) is 0 Å². The van der Waals surface area contributed by atoms with E-state index in [-0.39, 0.29) is 11.7 Å². The highest BCUT2D eigenvalue weighted by atomic mass is 19.1. The molecule has 0 atom stereocenters. The summed E-state index contributed by atoms with van der Waals surface area (Å²) in [5.41, 5.74) is 8.23. The van der Waals surface area contributed by atoms with Gasteiger partial charge in [0.05, 0.1) is 5.56 Å². The molecule has 1 amide bonds. The molecule has 5 heteroatoms. The summed E-state index contributed by atoms with van der Waals surface area (Å²) in [6.07, 6.45) is 1.48. The Kier molecular flexibility index (Phi) is 3.98. The second-order valence-electron chi connectivity index (χ2n) is 4.70. The highest BCUT2D eigenvalue weighted by Gasteiger charge is 2.15. The normalized spacial score (nSPS) is 10.3. The van der Waals surface area contributed by atoms with Gasteiger partial charge in [0.15, 0.2) is 0 Å². The van der Waals surface area contributed by atoms with Crippen LogP contribution in [0.5, 0.6) is 0 Å². The standard InChI is InChI=1S/C15H16FN3O/c1-10-7-14(17)13(8-18-10)15(20)19(2)9-11-3-5-12(16)6-4-11/h3-8H,9H2,1-2H3,(H2,17,18). The average Bonchev–Trinajstić information content (AvgIpc) is 2.40. The van der Waals surface area contributed by atoms with Gasteiger partial charge >= 0.3 is 0 Å². The van der Waals surface area contributed by atoms with E-state index in [0.717, 1.165) is 11.3 Å². The fraction of sp³-hybridized carbons (Fsp3) is 0.200. The van der Waals surface area contributed by atoms with E-state index in [9.17, 15) is 9.18 Å². The molecule has 0 fully saturated rings. The number of pyridine rings is 1. The van der Waals surface area contributed by atoms with Crippen LogP contribution in [0.2, 0.25) is 0 Å². The molecule has 2 N–H and O–H groups in total. The summed E-state index contributed by atoms with van der Waals surface area (Å²) in [6, 6.07) is 7.70. The first-order valence-electron chi connectivity index (χ1n) is 6.19. The zero-order valence-corrected chi connectivity index (χ0v) is 11.4. The van der Waals surface area contributed by atoms with Crippen LogP contribution in [0.15, 0.2) is 36.5 Å². The van der Waals surface area contributed by atoms with E-state index >= 15 is 0 Å². The third-order valence-electron chi connectivity index (χ3n) is 2.98. The van der Waals surface area contributed by atoms with Crippen LogP contribution in [0, 0.1) is 12.7 Å². The molecule has 0 aliphatic heterocycles. The summed E-state index contributed by atoms with van der Waals surface area (Å²) in [5, 5.41) is 0. The van der Waals surface area contributed by atoms with Crippen molar-refractivity contribution in [1.29, 1.82) is 0 Å². The van der Waals surface area contributed by atoms with Crippen LogP contribution in [-0.2, 0) is 6.54 Å². The van der Waals surface area contributed by atoms with E-state index in [1.54, 1.807) is 25.2 Å². The van der Waals surface area contributed by atoms with Gasteiger partial charge in [0.1, 0.15) is 5.82 Å². The Labute approximate surface area is 117 Å². The topological polar surface area (TPSA) is 59.2 Å². The van der Waals surface area contributed by atoms with Crippen LogP contribution in [0.3, 0.4) is 0 Å². The number of amides is 1. The van der Waals surface area contributed by atoms with Gasteiger partial charge in [0.25, 0.3) is 5.91 Å². The highest BCUT2D eigenvalue weighted by Crippen LogP contribution is 2.15. The summed E-state index contributed by atoms with van der Waals surface area (Å²) in [6.45, 7) is 2.19. The molecule has 20 heavy (non-hydrogen) atoms. The molecule has 1 aromatic heterocycles. The van der Waals surface area contributed by atoms with E-state index in [1.807, 2.05) is 6.92 Å². The second-order valence-corrected chi connectivity index (χ2v) is 4.70. The molecule has 1 heterocycles. The number of anilines is 1. The van der Waals surface area contributed by atoms with Crippen LogP contribution in [-0.4, -0.2) is 22.8 Å². The summed E-state index contributed by atoms with van der Waals surface area (Å²) in [4.78, 5) is 17.9. The highest BCUT2D eigenvalue weighted by molar-refractivity contribution is 5.98. The first-order chi connectivity index (χ1) is 9.47. The third-order valence-corrected chi connectivity index (χ3v) is 2.98. The lowest BCUT2D eigenvalue weighted by molar-refractivity contribution is 0.0785. The largest absolute Gasteiger partial charge is 0.398 e. The summed E-state index contributed by atoms with van der Waals surface area (Å²) < 4.78 is 12.8. The van der Waals surface area contributed by atoms with Crippen molar-refractivity contribution in [3.63, 3.8) is 0 Å². The van der Waals surface area contributed by atoms with E-state index < -0.39 is 0 Å². The number of aromatic nitrogens is 1. The van der Waals surface area contributed by atoms with Crippen molar-refractivity contribution in [3.8, 4) is 0 Å². The van der Waals surface area contributed by atoms with Crippen molar-refractivity contribution in [3.05, 3.63) is 59.2 Å². The first-order valence-corrected chi connectivity index (χ1v) is 6.19. The van der Waals surface area contributed by atoms with Gasteiger partial charge in [-0.1, -0.05) is 12.1 Å². The molecule has 2 rings (SSSR count). The number of nitrogens with two attached hydrogens (primary N) is 1. The molecule has 0 bridgehead atoms. The van der Waals surface area contributed by atoms with Gasteiger partial charge in [-0.25, -0.2) is 4.39 Å². The Balaban J connectivity index is 2.14. The Hall–Kier alpha value is -2.43. The number of halogens is 1. The maximum atomic E-state index is 12.8. The lowest BCUT2D eigenvalue weighted by Gasteiger charge is -2.18. The number of aryl methyl sites for hydroxylation is 1. The van der Waals surface area contributed by atoms with Crippen LogP contribution in [0.4, 0.5) is 10.1 Å². The van der Waals surface area contributed by atoms with Gasteiger partial charge in [-0.2, -0.15) is 0 Å². The molecule has 0 spiro atoms. The minimum atomic E-state index is -0.297. The maximum Gasteiger partial charge on any atom is 0.257 e. The second kappa shape index (κ2) is 5.69. The number of benzene rings is 1. The molecule has 0 unspecified atom stereocenters. The molecule has 0 aliphatic carbocycles. The van der Waals surface area contributed by atoms with Gasteiger partial charge in [-0.15, -0.1) is 0 Å². The van der Waals surface area contributed by atoms with E-state index in [4.69, 9.17) is 5.73 Å².